The minimum atomic E-state index is -0.897. The number of fused-ring (bicyclic) bond motifs is 4. The van der Waals surface area contributed by atoms with Crippen molar-refractivity contribution in [2.24, 2.45) is 14.1 Å². The number of benzene rings is 2. The van der Waals surface area contributed by atoms with E-state index in [1.165, 1.54) is 11.6 Å². The summed E-state index contributed by atoms with van der Waals surface area (Å²) < 4.78 is 2.50. The van der Waals surface area contributed by atoms with Crippen molar-refractivity contribution < 1.29 is 5.11 Å². The van der Waals surface area contributed by atoms with Gasteiger partial charge in [0.2, 0.25) is 0 Å². The molecule has 1 aliphatic rings. The van der Waals surface area contributed by atoms with Crippen molar-refractivity contribution in [2.45, 2.75) is 20.0 Å². The van der Waals surface area contributed by atoms with E-state index in [0.29, 0.717) is 27.9 Å². The topological polar surface area (TPSA) is 77.1 Å². The molecule has 150 valence electrons. The van der Waals surface area contributed by atoms with Gasteiger partial charge in [-0.2, -0.15) is 0 Å². The largest absolute Gasteiger partial charge is 0.384 e. The van der Waals surface area contributed by atoms with E-state index >= 15 is 0 Å². The maximum atomic E-state index is 13.3. The van der Waals surface area contributed by atoms with Crippen LogP contribution < -0.4 is 11.2 Å². The van der Waals surface area contributed by atoms with Gasteiger partial charge in [0.1, 0.15) is 6.10 Å². The molecule has 4 aromatic rings. The standard InChI is InChI=1S/C24H21N3O3/c1-12-9-10-14(13(2)11-12)17-18-20(15-7-5-6-8-16(15)21(18)28)25-22-19(17)23(29)27(4)24(30)26(22)3/h5-11,21,28H,1-4H3/t21-/m0/s1. The van der Waals surface area contributed by atoms with Crippen molar-refractivity contribution in [3.05, 3.63) is 85.6 Å². The number of hydrogen-bond donors (Lipinski definition) is 1. The highest BCUT2D eigenvalue weighted by atomic mass is 16.3. The van der Waals surface area contributed by atoms with Crippen LogP contribution in [0.4, 0.5) is 0 Å². The van der Waals surface area contributed by atoms with Gasteiger partial charge in [-0.3, -0.25) is 13.9 Å². The molecule has 0 radical (unpaired) electrons. The molecule has 2 aromatic carbocycles. The molecule has 2 aromatic heterocycles. The van der Waals surface area contributed by atoms with Crippen LogP contribution in [-0.2, 0) is 14.1 Å². The summed E-state index contributed by atoms with van der Waals surface area (Å²) in [7, 11) is 3.08. The molecule has 2 heterocycles. The quantitative estimate of drug-likeness (QED) is 0.534. The Kier molecular flexibility index (Phi) is 3.85. The molecule has 0 amide bonds. The number of aliphatic hydroxyl groups is 1. The molecule has 0 aliphatic heterocycles. The van der Waals surface area contributed by atoms with Crippen LogP contribution in [0, 0.1) is 13.8 Å². The number of aliphatic hydroxyl groups excluding tert-OH is 1. The number of pyridine rings is 1. The summed E-state index contributed by atoms with van der Waals surface area (Å²) in [5, 5.41) is 11.6. The van der Waals surface area contributed by atoms with E-state index < -0.39 is 17.4 Å². The Morgan fingerprint density at radius 2 is 1.70 bits per heavy atom. The molecule has 6 heteroatoms. The average Bonchev–Trinajstić information content (AvgIpc) is 3.02. The van der Waals surface area contributed by atoms with Gasteiger partial charge in [-0.05, 0) is 30.5 Å². The molecule has 0 saturated carbocycles. The first-order valence-corrected chi connectivity index (χ1v) is 9.80. The first-order valence-electron chi connectivity index (χ1n) is 9.80. The molecule has 0 spiro atoms. The SMILES string of the molecule is Cc1ccc(-c2c3c(nc4c2c(=O)n(C)c(=O)n4C)-c2ccccc2[C@@H]3O)c(C)c1. The molecule has 1 atom stereocenters. The number of aryl methyl sites for hydroxylation is 3. The van der Waals surface area contributed by atoms with E-state index in [-0.39, 0.29) is 0 Å². The lowest BCUT2D eigenvalue weighted by Crippen LogP contribution is -2.37. The van der Waals surface area contributed by atoms with E-state index in [0.717, 1.165) is 32.4 Å². The predicted octanol–water partition coefficient (Wildman–Crippen LogP) is 2.98. The van der Waals surface area contributed by atoms with Crippen LogP contribution in [0.5, 0.6) is 0 Å². The second kappa shape index (κ2) is 6.24. The minimum absolute atomic E-state index is 0.320. The highest BCUT2D eigenvalue weighted by Gasteiger charge is 2.34. The van der Waals surface area contributed by atoms with Crippen molar-refractivity contribution in [1.82, 2.24) is 14.1 Å². The molecule has 6 nitrogen and oxygen atoms in total. The molecular weight excluding hydrogens is 378 g/mol. The van der Waals surface area contributed by atoms with Crippen LogP contribution in [-0.4, -0.2) is 19.2 Å². The third kappa shape index (κ3) is 2.31. The zero-order valence-electron chi connectivity index (χ0n) is 17.2. The maximum absolute atomic E-state index is 13.3. The predicted molar refractivity (Wildman–Crippen MR) is 117 cm³/mol. The summed E-state index contributed by atoms with van der Waals surface area (Å²) in [4.78, 5) is 30.6. The van der Waals surface area contributed by atoms with E-state index in [9.17, 15) is 14.7 Å². The van der Waals surface area contributed by atoms with Gasteiger partial charge < -0.3 is 5.11 Å². The Hall–Kier alpha value is -3.51. The van der Waals surface area contributed by atoms with E-state index in [4.69, 9.17) is 4.98 Å². The molecule has 30 heavy (non-hydrogen) atoms. The molecule has 0 fully saturated rings. The Balaban J connectivity index is 2.08. The van der Waals surface area contributed by atoms with Crippen LogP contribution in [0.1, 0.15) is 28.4 Å². The van der Waals surface area contributed by atoms with E-state index in [1.807, 2.05) is 50.2 Å². The van der Waals surface area contributed by atoms with Gasteiger partial charge in [0.25, 0.3) is 5.56 Å². The first kappa shape index (κ1) is 18.5. The lowest BCUT2D eigenvalue weighted by molar-refractivity contribution is 0.225. The summed E-state index contributed by atoms with van der Waals surface area (Å²) in [5.41, 5.74) is 5.87. The third-order valence-electron chi connectivity index (χ3n) is 6.06. The number of rotatable bonds is 1. The normalized spacial score (nSPS) is 14.8. The zero-order valence-corrected chi connectivity index (χ0v) is 17.2. The lowest BCUT2D eigenvalue weighted by Gasteiger charge is -2.18. The average molecular weight is 399 g/mol. The summed E-state index contributed by atoms with van der Waals surface area (Å²) >= 11 is 0. The molecule has 0 bridgehead atoms. The van der Waals surface area contributed by atoms with Crippen LogP contribution in [0.25, 0.3) is 33.4 Å². The first-order chi connectivity index (χ1) is 14.3. The highest BCUT2D eigenvalue weighted by molar-refractivity contribution is 6.00. The van der Waals surface area contributed by atoms with Gasteiger partial charge in [-0.25, -0.2) is 9.78 Å². The fraction of sp³-hybridized carbons (Fsp3) is 0.208. The second-order valence-electron chi connectivity index (χ2n) is 7.96. The fourth-order valence-electron chi connectivity index (χ4n) is 4.55. The van der Waals surface area contributed by atoms with Gasteiger partial charge in [-0.15, -0.1) is 0 Å². The van der Waals surface area contributed by atoms with Gasteiger partial charge in [0.05, 0.1) is 11.1 Å². The van der Waals surface area contributed by atoms with E-state index in [2.05, 4.69) is 6.07 Å². The molecule has 5 rings (SSSR count). The summed E-state index contributed by atoms with van der Waals surface area (Å²) in [6.45, 7) is 4.00. The van der Waals surface area contributed by atoms with Crippen LogP contribution in [0.15, 0.2) is 52.1 Å². The summed E-state index contributed by atoms with van der Waals surface area (Å²) in [5.74, 6) is 0. The fourth-order valence-corrected chi connectivity index (χ4v) is 4.55. The van der Waals surface area contributed by atoms with Crippen molar-refractivity contribution >= 4 is 11.0 Å². The maximum Gasteiger partial charge on any atom is 0.332 e. The summed E-state index contributed by atoms with van der Waals surface area (Å²) in [6, 6.07) is 13.6. The Bertz CT molecular complexity index is 1490. The summed E-state index contributed by atoms with van der Waals surface area (Å²) in [6.07, 6.45) is -0.897. The second-order valence-corrected chi connectivity index (χ2v) is 7.96. The number of aromatic nitrogens is 3. The molecule has 0 saturated heterocycles. The smallest absolute Gasteiger partial charge is 0.332 e. The lowest BCUT2D eigenvalue weighted by atomic mass is 9.91. The van der Waals surface area contributed by atoms with Gasteiger partial charge >= 0.3 is 5.69 Å². The van der Waals surface area contributed by atoms with E-state index in [1.54, 1.807) is 7.05 Å². The van der Waals surface area contributed by atoms with Crippen molar-refractivity contribution in [1.29, 1.82) is 0 Å². The number of nitrogens with zero attached hydrogens (tertiary/aromatic N) is 3. The minimum Gasteiger partial charge on any atom is -0.384 e. The third-order valence-corrected chi connectivity index (χ3v) is 6.06. The van der Waals surface area contributed by atoms with Gasteiger partial charge in [0.15, 0.2) is 5.65 Å². The number of hydrogen-bond acceptors (Lipinski definition) is 4. The molecular formula is C24H21N3O3. The Labute approximate surface area is 172 Å². The van der Waals surface area contributed by atoms with Crippen molar-refractivity contribution in [3.63, 3.8) is 0 Å². The van der Waals surface area contributed by atoms with Crippen molar-refractivity contribution in [2.75, 3.05) is 0 Å². The Morgan fingerprint density at radius 1 is 0.967 bits per heavy atom. The molecule has 1 aliphatic carbocycles. The van der Waals surface area contributed by atoms with Crippen LogP contribution in [0.2, 0.25) is 0 Å². The van der Waals surface area contributed by atoms with Crippen LogP contribution >= 0.6 is 0 Å². The molecule has 1 N–H and O–H groups in total. The van der Waals surface area contributed by atoms with Gasteiger partial charge in [-0.1, -0.05) is 48.0 Å². The van der Waals surface area contributed by atoms with Crippen molar-refractivity contribution in [3.8, 4) is 22.4 Å². The highest BCUT2D eigenvalue weighted by Crippen LogP contribution is 2.48. The zero-order chi connectivity index (χ0) is 21.3. The Morgan fingerprint density at radius 3 is 2.43 bits per heavy atom. The van der Waals surface area contributed by atoms with Gasteiger partial charge in [0, 0.05) is 30.8 Å². The monoisotopic (exact) mass is 399 g/mol. The molecule has 0 unspecified atom stereocenters. The van der Waals surface area contributed by atoms with Crippen LogP contribution in [0.3, 0.4) is 0 Å².